The molecule has 0 aliphatic rings. The van der Waals surface area contributed by atoms with Crippen molar-refractivity contribution in [3.63, 3.8) is 0 Å². The molecule has 0 atom stereocenters. The number of para-hydroxylation sites is 1. The van der Waals surface area contributed by atoms with E-state index in [9.17, 15) is 8.42 Å². The third-order valence-electron chi connectivity index (χ3n) is 3.56. The van der Waals surface area contributed by atoms with Crippen LogP contribution in [0.4, 0.5) is 0 Å². The smallest absolute Gasteiger partial charge is 0.216 e. The van der Waals surface area contributed by atoms with Crippen LogP contribution in [0.1, 0.15) is 11.1 Å². The minimum absolute atomic E-state index is 0.153. The minimum atomic E-state index is -3.50. The molecule has 1 heterocycles. The molecular formula is C17H16ClN3O2S. The molecule has 3 rings (SSSR count). The first-order chi connectivity index (χ1) is 11.6. The zero-order valence-corrected chi connectivity index (χ0v) is 14.3. The molecule has 0 aliphatic carbocycles. The van der Waals surface area contributed by atoms with Gasteiger partial charge in [-0.15, -0.1) is 0 Å². The van der Waals surface area contributed by atoms with E-state index in [0.29, 0.717) is 10.6 Å². The molecule has 0 spiro atoms. The highest BCUT2D eigenvalue weighted by Crippen LogP contribution is 2.18. The Bertz CT molecular complexity index is 925. The van der Waals surface area contributed by atoms with E-state index in [2.05, 4.69) is 9.71 Å². The lowest BCUT2D eigenvalue weighted by molar-refractivity contribution is 0.580. The lowest BCUT2D eigenvalue weighted by Gasteiger charge is -2.12. The lowest BCUT2D eigenvalue weighted by atomic mass is 10.2. The molecular weight excluding hydrogens is 346 g/mol. The number of imidazole rings is 1. The number of halogens is 1. The molecule has 0 bridgehead atoms. The Morgan fingerprint density at radius 1 is 1.04 bits per heavy atom. The predicted molar refractivity (Wildman–Crippen MR) is 94.5 cm³/mol. The van der Waals surface area contributed by atoms with Gasteiger partial charge in [0.15, 0.2) is 0 Å². The average Bonchev–Trinajstić information content (AvgIpc) is 3.10. The second-order valence-corrected chi connectivity index (χ2v) is 7.48. The molecule has 7 heteroatoms. The highest BCUT2D eigenvalue weighted by atomic mass is 35.5. The molecule has 0 aliphatic heterocycles. The van der Waals surface area contributed by atoms with Crippen molar-refractivity contribution in [1.82, 2.24) is 14.3 Å². The summed E-state index contributed by atoms with van der Waals surface area (Å²) in [7, 11) is -3.50. The lowest BCUT2D eigenvalue weighted by Crippen LogP contribution is -2.25. The zero-order chi connectivity index (χ0) is 17.0. The average molecular weight is 362 g/mol. The largest absolute Gasteiger partial charge is 0.306 e. The first-order valence-electron chi connectivity index (χ1n) is 7.32. The van der Waals surface area contributed by atoms with Crippen molar-refractivity contribution in [2.75, 3.05) is 0 Å². The van der Waals surface area contributed by atoms with E-state index in [4.69, 9.17) is 11.6 Å². The normalized spacial score (nSPS) is 11.5. The molecule has 0 unspecified atom stereocenters. The summed E-state index contributed by atoms with van der Waals surface area (Å²) in [6.45, 7) is 0.196. The zero-order valence-electron chi connectivity index (χ0n) is 12.8. The Labute approximate surface area is 146 Å². The summed E-state index contributed by atoms with van der Waals surface area (Å²) in [4.78, 5) is 4.02. The predicted octanol–water partition coefficient (Wildman–Crippen LogP) is 3.15. The van der Waals surface area contributed by atoms with Gasteiger partial charge in [0.1, 0.15) is 0 Å². The Balaban J connectivity index is 1.75. The van der Waals surface area contributed by atoms with Crippen LogP contribution in [-0.4, -0.2) is 18.0 Å². The molecule has 24 heavy (non-hydrogen) atoms. The third kappa shape index (κ3) is 4.03. The SMILES string of the molecule is O=S(=O)(Cc1ccccc1Cl)NCc1ccccc1-n1ccnc1. The minimum Gasteiger partial charge on any atom is -0.306 e. The molecule has 0 saturated heterocycles. The maximum atomic E-state index is 12.3. The van der Waals surface area contributed by atoms with Gasteiger partial charge in [0, 0.05) is 24.0 Å². The van der Waals surface area contributed by atoms with Gasteiger partial charge < -0.3 is 4.57 Å². The summed E-state index contributed by atoms with van der Waals surface area (Å²) in [6, 6.07) is 14.5. The second kappa shape index (κ2) is 7.17. The molecule has 124 valence electrons. The quantitative estimate of drug-likeness (QED) is 0.733. The molecule has 2 aromatic carbocycles. The molecule has 0 radical (unpaired) electrons. The van der Waals surface area contributed by atoms with Crippen LogP contribution in [0.2, 0.25) is 5.02 Å². The fourth-order valence-corrected chi connectivity index (χ4v) is 3.79. The number of benzene rings is 2. The van der Waals surface area contributed by atoms with Crippen molar-refractivity contribution in [3.05, 3.63) is 83.4 Å². The topological polar surface area (TPSA) is 64.0 Å². The van der Waals surface area contributed by atoms with Crippen molar-refractivity contribution in [1.29, 1.82) is 0 Å². The van der Waals surface area contributed by atoms with Gasteiger partial charge in [-0.3, -0.25) is 0 Å². The highest BCUT2D eigenvalue weighted by molar-refractivity contribution is 7.88. The van der Waals surface area contributed by atoms with Gasteiger partial charge in [-0.05, 0) is 23.3 Å². The van der Waals surface area contributed by atoms with Crippen LogP contribution in [0.25, 0.3) is 5.69 Å². The number of aromatic nitrogens is 2. The maximum Gasteiger partial charge on any atom is 0.216 e. The highest BCUT2D eigenvalue weighted by Gasteiger charge is 2.14. The number of sulfonamides is 1. The van der Waals surface area contributed by atoms with Crippen LogP contribution >= 0.6 is 11.6 Å². The monoisotopic (exact) mass is 361 g/mol. The Hall–Kier alpha value is -2.15. The van der Waals surface area contributed by atoms with Crippen molar-refractivity contribution in [3.8, 4) is 5.69 Å². The van der Waals surface area contributed by atoms with Crippen LogP contribution < -0.4 is 4.72 Å². The third-order valence-corrected chi connectivity index (χ3v) is 5.20. The maximum absolute atomic E-state index is 12.3. The molecule has 5 nitrogen and oxygen atoms in total. The summed E-state index contributed by atoms with van der Waals surface area (Å²) in [5, 5.41) is 0.446. The fraction of sp³-hybridized carbons (Fsp3) is 0.118. The van der Waals surface area contributed by atoms with Gasteiger partial charge in [-0.2, -0.15) is 0 Å². The van der Waals surface area contributed by atoms with Gasteiger partial charge in [0.25, 0.3) is 0 Å². The van der Waals surface area contributed by atoms with Gasteiger partial charge in [0.05, 0.1) is 17.8 Å². The second-order valence-electron chi connectivity index (χ2n) is 5.27. The summed E-state index contributed by atoms with van der Waals surface area (Å²) in [6.07, 6.45) is 5.17. The van der Waals surface area contributed by atoms with Crippen LogP contribution in [0.3, 0.4) is 0 Å². The molecule has 3 aromatic rings. The van der Waals surface area contributed by atoms with Crippen molar-refractivity contribution < 1.29 is 8.42 Å². The van der Waals surface area contributed by atoms with Crippen LogP contribution in [0, 0.1) is 0 Å². The Kier molecular flexibility index (Phi) is 4.99. The molecule has 0 amide bonds. The first-order valence-corrected chi connectivity index (χ1v) is 9.35. The number of nitrogens with one attached hydrogen (secondary N) is 1. The Morgan fingerprint density at radius 2 is 1.75 bits per heavy atom. The van der Waals surface area contributed by atoms with Crippen LogP contribution in [-0.2, 0) is 22.3 Å². The van der Waals surface area contributed by atoms with E-state index < -0.39 is 10.0 Å². The van der Waals surface area contributed by atoms with Crippen molar-refractivity contribution >= 4 is 21.6 Å². The van der Waals surface area contributed by atoms with E-state index in [1.54, 1.807) is 36.8 Å². The fourth-order valence-electron chi connectivity index (χ4n) is 2.37. The summed E-state index contributed by atoms with van der Waals surface area (Å²) in [5.41, 5.74) is 2.32. The molecule has 1 N–H and O–H groups in total. The first kappa shape index (κ1) is 16.7. The van der Waals surface area contributed by atoms with Crippen molar-refractivity contribution in [2.24, 2.45) is 0 Å². The number of hydrogen-bond donors (Lipinski definition) is 1. The van der Waals surface area contributed by atoms with E-state index in [1.807, 2.05) is 35.0 Å². The van der Waals surface area contributed by atoms with Crippen LogP contribution in [0.5, 0.6) is 0 Å². The van der Waals surface area contributed by atoms with Crippen molar-refractivity contribution in [2.45, 2.75) is 12.3 Å². The van der Waals surface area contributed by atoms with E-state index in [0.717, 1.165) is 11.3 Å². The summed E-state index contributed by atoms with van der Waals surface area (Å²) < 4.78 is 29.1. The molecule has 0 saturated carbocycles. The van der Waals surface area contributed by atoms with E-state index >= 15 is 0 Å². The standard InChI is InChI=1S/C17H16ClN3O2S/c18-16-7-3-1-6-15(16)12-24(22,23)20-11-14-5-2-4-8-17(14)21-10-9-19-13-21/h1-10,13,20H,11-12H2. The van der Waals surface area contributed by atoms with Gasteiger partial charge in [-0.25, -0.2) is 18.1 Å². The Morgan fingerprint density at radius 3 is 2.46 bits per heavy atom. The van der Waals surface area contributed by atoms with Gasteiger partial charge in [-0.1, -0.05) is 48.0 Å². The van der Waals surface area contributed by atoms with E-state index in [-0.39, 0.29) is 12.3 Å². The summed E-state index contributed by atoms with van der Waals surface area (Å²) in [5.74, 6) is -0.153. The van der Waals surface area contributed by atoms with Crippen LogP contribution in [0.15, 0.2) is 67.3 Å². The van der Waals surface area contributed by atoms with Gasteiger partial charge in [0.2, 0.25) is 10.0 Å². The molecule has 1 aromatic heterocycles. The summed E-state index contributed by atoms with van der Waals surface area (Å²) >= 11 is 6.04. The number of rotatable bonds is 6. The van der Waals surface area contributed by atoms with E-state index in [1.165, 1.54) is 0 Å². The number of hydrogen-bond acceptors (Lipinski definition) is 3. The molecule has 0 fully saturated rings. The van der Waals surface area contributed by atoms with Gasteiger partial charge >= 0.3 is 0 Å². The number of nitrogens with zero attached hydrogens (tertiary/aromatic N) is 2.